The average molecular weight is 411 g/mol. The van der Waals surface area contributed by atoms with Crippen molar-refractivity contribution in [2.45, 2.75) is 38.5 Å². The van der Waals surface area contributed by atoms with Gasteiger partial charge in [0.05, 0.1) is 18.2 Å². The molecule has 30 heavy (non-hydrogen) atoms. The topological polar surface area (TPSA) is 135 Å². The molecule has 3 aromatic rings. The maximum atomic E-state index is 12.7. The number of aryl methyl sites for hydroxylation is 1. The molecule has 2 N–H and O–H groups in total. The van der Waals surface area contributed by atoms with Crippen molar-refractivity contribution in [3.8, 4) is 11.4 Å². The number of carbonyl (C=O) groups is 2. The van der Waals surface area contributed by atoms with Gasteiger partial charge in [0.2, 0.25) is 24.0 Å². The summed E-state index contributed by atoms with van der Waals surface area (Å²) in [6.45, 7) is 2.17. The molecule has 10 nitrogen and oxygen atoms in total. The lowest BCUT2D eigenvalue weighted by molar-refractivity contribution is -0.138. The minimum atomic E-state index is -0.740. The van der Waals surface area contributed by atoms with Crippen LogP contribution in [0.15, 0.2) is 45.8 Å². The number of nitrogens with one attached hydrogen (secondary N) is 1. The van der Waals surface area contributed by atoms with Crippen LogP contribution in [-0.4, -0.2) is 55.8 Å². The Morgan fingerprint density at radius 2 is 2.07 bits per heavy atom. The fourth-order valence-electron chi connectivity index (χ4n) is 3.46. The van der Waals surface area contributed by atoms with Crippen molar-refractivity contribution in [1.82, 2.24) is 25.5 Å². The van der Waals surface area contributed by atoms with Crippen molar-refractivity contribution in [2.24, 2.45) is 0 Å². The van der Waals surface area contributed by atoms with Gasteiger partial charge in [-0.05, 0) is 12.5 Å². The molecule has 1 fully saturated rings. The van der Waals surface area contributed by atoms with Gasteiger partial charge in [-0.25, -0.2) is 0 Å². The molecule has 1 aliphatic heterocycles. The minimum Gasteiger partial charge on any atom is -0.391 e. The summed E-state index contributed by atoms with van der Waals surface area (Å²) in [7, 11) is 0. The molecule has 0 spiro atoms. The first-order valence-corrected chi connectivity index (χ1v) is 9.52. The number of hydrogen-bond acceptors (Lipinski definition) is 8. The normalized spacial score (nSPS) is 18.5. The Kier molecular flexibility index (Phi) is 5.57. The minimum absolute atomic E-state index is 0.00507. The van der Waals surface area contributed by atoms with Crippen molar-refractivity contribution < 1.29 is 23.7 Å². The molecule has 3 heterocycles. The first-order valence-electron chi connectivity index (χ1n) is 9.52. The third-order valence-electron chi connectivity index (χ3n) is 4.94. The Bertz CT molecular complexity index is 1010. The number of rotatable bonds is 6. The van der Waals surface area contributed by atoms with Crippen LogP contribution >= 0.6 is 0 Å². The standard InChI is InChI=1S/C20H21N5O5/c1-12-6-16(30-23-12)8-18(27)25-10-15(26)7-17(25)20(28)21-9-13-2-4-14(5-3-13)19-22-11-29-24-19/h2-6,11,15,17,26H,7-10H2,1H3,(H,21,28)/t15-,17+/m1/s1. The van der Waals surface area contributed by atoms with Crippen LogP contribution in [0.1, 0.15) is 23.4 Å². The highest BCUT2D eigenvalue weighted by Gasteiger charge is 2.38. The molecule has 156 valence electrons. The van der Waals surface area contributed by atoms with Gasteiger partial charge < -0.3 is 24.4 Å². The molecule has 0 unspecified atom stereocenters. The number of aliphatic hydroxyl groups is 1. The summed E-state index contributed by atoms with van der Waals surface area (Å²) in [5.74, 6) is 0.324. The van der Waals surface area contributed by atoms with E-state index in [1.165, 1.54) is 11.3 Å². The molecule has 0 radical (unpaired) electrons. The molecular weight excluding hydrogens is 390 g/mol. The van der Waals surface area contributed by atoms with Gasteiger partial charge in [0.1, 0.15) is 11.8 Å². The number of amides is 2. The van der Waals surface area contributed by atoms with E-state index in [0.717, 1.165) is 11.1 Å². The Balaban J connectivity index is 1.36. The number of β-amino-alcohol motifs (C(OH)–C–C–N with tert-alkyl or cyclic N) is 1. The molecule has 1 aromatic carbocycles. The lowest BCUT2D eigenvalue weighted by atomic mass is 10.1. The number of aliphatic hydroxyl groups excluding tert-OH is 1. The largest absolute Gasteiger partial charge is 0.391 e. The number of benzene rings is 1. The van der Waals surface area contributed by atoms with Crippen molar-refractivity contribution in [3.63, 3.8) is 0 Å². The monoisotopic (exact) mass is 411 g/mol. The highest BCUT2D eigenvalue weighted by Crippen LogP contribution is 2.20. The number of nitrogens with zero attached hydrogens (tertiary/aromatic N) is 4. The lowest BCUT2D eigenvalue weighted by Gasteiger charge is -2.23. The second-order valence-corrected chi connectivity index (χ2v) is 7.23. The molecule has 1 saturated heterocycles. The van der Waals surface area contributed by atoms with E-state index in [2.05, 4.69) is 20.6 Å². The third kappa shape index (κ3) is 4.38. The van der Waals surface area contributed by atoms with Crippen LogP contribution in [0.3, 0.4) is 0 Å². The first kappa shape index (κ1) is 19.8. The van der Waals surface area contributed by atoms with Crippen molar-refractivity contribution in [1.29, 1.82) is 0 Å². The highest BCUT2D eigenvalue weighted by molar-refractivity contribution is 5.89. The zero-order chi connectivity index (χ0) is 21.1. The quantitative estimate of drug-likeness (QED) is 0.610. The van der Waals surface area contributed by atoms with Crippen LogP contribution in [0.5, 0.6) is 0 Å². The highest BCUT2D eigenvalue weighted by atomic mass is 16.5. The number of carbonyl (C=O) groups excluding carboxylic acids is 2. The number of aromatic nitrogens is 3. The SMILES string of the molecule is Cc1cc(CC(=O)N2C[C@H](O)C[C@H]2C(=O)NCc2ccc(-c3ncon3)cc2)on1. The number of hydrogen-bond donors (Lipinski definition) is 2. The van der Waals surface area contributed by atoms with Gasteiger partial charge in [-0.1, -0.05) is 34.6 Å². The predicted octanol–water partition coefficient (Wildman–Crippen LogP) is 0.854. The van der Waals surface area contributed by atoms with E-state index in [0.29, 0.717) is 23.8 Å². The summed E-state index contributed by atoms with van der Waals surface area (Å²) in [5.41, 5.74) is 2.36. The maximum Gasteiger partial charge on any atom is 0.243 e. The van der Waals surface area contributed by atoms with Crippen LogP contribution in [-0.2, 0) is 22.6 Å². The molecule has 2 aromatic heterocycles. The summed E-state index contributed by atoms with van der Waals surface area (Å²) in [4.78, 5) is 30.7. The van der Waals surface area contributed by atoms with Gasteiger partial charge in [-0.2, -0.15) is 4.98 Å². The third-order valence-corrected chi connectivity index (χ3v) is 4.94. The van der Waals surface area contributed by atoms with Gasteiger partial charge in [0.25, 0.3) is 0 Å². The van der Waals surface area contributed by atoms with Crippen molar-refractivity contribution >= 4 is 11.8 Å². The van der Waals surface area contributed by atoms with Crippen LogP contribution < -0.4 is 5.32 Å². The second-order valence-electron chi connectivity index (χ2n) is 7.23. The summed E-state index contributed by atoms with van der Waals surface area (Å²) in [5, 5.41) is 20.4. The average Bonchev–Trinajstić information content (AvgIpc) is 3.48. The molecule has 0 aliphatic carbocycles. The van der Waals surface area contributed by atoms with Gasteiger partial charge in [0.15, 0.2) is 0 Å². The second kappa shape index (κ2) is 8.46. The molecular formula is C20H21N5O5. The van der Waals surface area contributed by atoms with Crippen molar-refractivity contribution in [3.05, 3.63) is 53.7 Å². The molecule has 4 rings (SSSR count). The van der Waals surface area contributed by atoms with Gasteiger partial charge >= 0.3 is 0 Å². The predicted molar refractivity (Wildman–Crippen MR) is 103 cm³/mol. The van der Waals surface area contributed by atoms with Crippen molar-refractivity contribution in [2.75, 3.05) is 6.54 Å². The Morgan fingerprint density at radius 1 is 1.27 bits per heavy atom. The summed E-state index contributed by atoms with van der Waals surface area (Å²) >= 11 is 0. The smallest absolute Gasteiger partial charge is 0.243 e. The molecule has 2 amide bonds. The van der Waals surface area contributed by atoms with E-state index >= 15 is 0 Å². The van der Waals surface area contributed by atoms with Crippen LogP contribution in [0.4, 0.5) is 0 Å². The molecule has 10 heteroatoms. The molecule has 2 atom stereocenters. The van der Waals surface area contributed by atoms with E-state index in [1.807, 2.05) is 24.3 Å². The van der Waals surface area contributed by atoms with E-state index in [9.17, 15) is 14.7 Å². The maximum absolute atomic E-state index is 12.7. The summed E-state index contributed by atoms with van der Waals surface area (Å²) in [6, 6.07) is 8.32. The van der Waals surface area contributed by atoms with E-state index in [-0.39, 0.29) is 31.2 Å². The van der Waals surface area contributed by atoms with Crippen LogP contribution in [0, 0.1) is 6.92 Å². The lowest BCUT2D eigenvalue weighted by Crippen LogP contribution is -2.46. The number of likely N-dealkylation sites (tertiary alicyclic amines) is 1. The summed E-state index contributed by atoms with van der Waals surface area (Å²) < 4.78 is 9.82. The fourth-order valence-corrected chi connectivity index (χ4v) is 3.46. The zero-order valence-corrected chi connectivity index (χ0v) is 16.3. The molecule has 1 aliphatic rings. The van der Waals surface area contributed by atoms with E-state index < -0.39 is 12.1 Å². The zero-order valence-electron chi connectivity index (χ0n) is 16.3. The van der Waals surface area contributed by atoms with Crippen LogP contribution in [0.25, 0.3) is 11.4 Å². The van der Waals surface area contributed by atoms with Crippen LogP contribution in [0.2, 0.25) is 0 Å². The van der Waals surface area contributed by atoms with E-state index in [1.54, 1.807) is 13.0 Å². The first-order chi connectivity index (χ1) is 14.5. The van der Waals surface area contributed by atoms with Gasteiger partial charge in [-0.3, -0.25) is 9.59 Å². The Hall–Kier alpha value is -3.53. The Labute approximate surface area is 171 Å². The fraction of sp³-hybridized carbons (Fsp3) is 0.350. The molecule has 0 saturated carbocycles. The van der Waals surface area contributed by atoms with Gasteiger partial charge in [-0.15, -0.1) is 0 Å². The molecule has 0 bridgehead atoms. The summed E-state index contributed by atoms with van der Waals surface area (Å²) in [6.07, 6.45) is 0.713. The Morgan fingerprint density at radius 3 is 2.73 bits per heavy atom. The van der Waals surface area contributed by atoms with E-state index in [4.69, 9.17) is 9.05 Å². The van der Waals surface area contributed by atoms with Gasteiger partial charge in [0, 0.05) is 31.1 Å².